The maximum Gasteiger partial charge on any atom is 0.0216 e. The Labute approximate surface area is 74.8 Å². The van der Waals surface area contributed by atoms with Crippen LogP contribution >= 0.6 is 0 Å². The molecular formula is C11H16N. The summed E-state index contributed by atoms with van der Waals surface area (Å²) in [5.74, 6) is 0. The molecule has 0 aliphatic heterocycles. The molecule has 0 unspecified atom stereocenters. The first-order chi connectivity index (χ1) is 5.58. The highest BCUT2D eigenvalue weighted by molar-refractivity contribution is 5.12. The zero-order chi connectivity index (χ0) is 9.03. The van der Waals surface area contributed by atoms with Gasteiger partial charge in [-0.05, 0) is 32.4 Å². The summed E-state index contributed by atoms with van der Waals surface area (Å²) >= 11 is 0. The predicted molar refractivity (Wildman–Crippen MR) is 51.9 cm³/mol. The van der Waals surface area contributed by atoms with Gasteiger partial charge in [-0.25, -0.2) is 0 Å². The van der Waals surface area contributed by atoms with Gasteiger partial charge in [0.2, 0.25) is 0 Å². The van der Waals surface area contributed by atoms with Crippen molar-refractivity contribution in [3.63, 3.8) is 0 Å². The van der Waals surface area contributed by atoms with Gasteiger partial charge in [-0.3, -0.25) is 0 Å². The second-order valence-electron chi connectivity index (χ2n) is 3.99. The number of hydrogen-bond donors (Lipinski definition) is 1. The molecule has 0 aliphatic carbocycles. The van der Waals surface area contributed by atoms with Crippen LogP contribution in [0, 0.1) is 6.07 Å². The van der Waals surface area contributed by atoms with E-state index in [-0.39, 0.29) is 5.54 Å². The molecule has 0 spiro atoms. The van der Waals surface area contributed by atoms with Crippen LogP contribution in [0.15, 0.2) is 24.3 Å². The fraction of sp³-hybridized carbons (Fsp3) is 0.455. The molecular weight excluding hydrogens is 146 g/mol. The predicted octanol–water partition coefficient (Wildman–Crippen LogP) is 2.37. The van der Waals surface area contributed by atoms with Crippen molar-refractivity contribution in [3.8, 4) is 0 Å². The van der Waals surface area contributed by atoms with Crippen LogP contribution in [-0.4, -0.2) is 5.54 Å². The van der Waals surface area contributed by atoms with E-state index < -0.39 is 0 Å². The van der Waals surface area contributed by atoms with Crippen LogP contribution in [0.25, 0.3) is 0 Å². The summed E-state index contributed by atoms with van der Waals surface area (Å²) in [5.41, 5.74) is 1.40. The van der Waals surface area contributed by atoms with Crippen molar-refractivity contribution < 1.29 is 0 Å². The minimum absolute atomic E-state index is 0.184. The second kappa shape index (κ2) is 3.72. The van der Waals surface area contributed by atoms with E-state index in [0.29, 0.717) is 0 Å². The van der Waals surface area contributed by atoms with E-state index in [0.717, 1.165) is 6.54 Å². The SMILES string of the molecule is CC(C)(C)NCc1[c]cccc1. The summed E-state index contributed by atoms with van der Waals surface area (Å²) in [5, 5.41) is 3.41. The van der Waals surface area contributed by atoms with Crippen molar-refractivity contribution in [3.05, 3.63) is 35.9 Å². The summed E-state index contributed by atoms with van der Waals surface area (Å²) in [6.45, 7) is 7.38. The largest absolute Gasteiger partial charge is 0.308 e. The normalized spacial score (nSPS) is 11.6. The number of nitrogens with one attached hydrogen (secondary N) is 1. The van der Waals surface area contributed by atoms with E-state index in [4.69, 9.17) is 0 Å². The van der Waals surface area contributed by atoms with Crippen molar-refractivity contribution in [2.75, 3.05) is 0 Å². The molecule has 0 saturated carbocycles. The maximum absolute atomic E-state index is 3.41. The zero-order valence-corrected chi connectivity index (χ0v) is 8.02. The van der Waals surface area contributed by atoms with E-state index in [9.17, 15) is 0 Å². The summed E-state index contributed by atoms with van der Waals surface area (Å²) in [7, 11) is 0. The number of hydrogen-bond acceptors (Lipinski definition) is 1. The van der Waals surface area contributed by atoms with Crippen LogP contribution < -0.4 is 5.32 Å². The third-order valence-corrected chi connectivity index (χ3v) is 1.58. The van der Waals surface area contributed by atoms with Crippen LogP contribution in [0.3, 0.4) is 0 Å². The van der Waals surface area contributed by atoms with Gasteiger partial charge < -0.3 is 5.32 Å². The van der Waals surface area contributed by atoms with Crippen LogP contribution in [0.1, 0.15) is 26.3 Å². The number of rotatable bonds is 2. The Bertz CT molecular complexity index is 221. The van der Waals surface area contributed by atoms with Crippen molar-refractivity contribution in [1.82, 2.24) is 5.32 Å². The fourth-order valence-electron chi connectivity index (χ4n) is 0.901. The molecule has 0 amide bonds. The minimum atomic E-state index is 0.184. The van der Waals surface area contributed by atoms with E-state index in [1.54, 1.807) is 0 Å². The molecule has 0 bridgehead atoms. The summed E-state index contributed by atoms with van der Waals surface area (Å²) < 4.78 is 0. The first-order valence-corrected chi connectivity index (χ1v) is 4.28. The Kier molecular flexibility index (Phi) is 2.88. The van der Waals surface area contributed by atoms with Crippen LogP contribution in [-0.2, 0) is 6.54 Å². The second-order valence-corrected chi connectivity index (χ2v) is 3.99. The van der Waals surface area contributed by atoms with Gasteiger partial charge >= 0.3 is 0 Å². The molecule has 0 fully saturated rings. The maximum atomic E-state index is 3.41. The molecule has 1 rings (SSSR count). The molecule has 1 nitrogen and oxygen atoms in total. The van der Waals surface area contributed by atoms with Crippen molar-refractivity contribution in [2.45, 2.75) is 32.9 Å². The average Bonchev–Trinajstić information content (AvgIpc) is 2.02. The third kappa shape index (κ3) is 3.54. The highest BCUT2D eigenvalue weighted by Gasteiger charge is 2.07. The Morgan fingerprint density at radius 3 is 2.58 bits per heavy atom. The highest BCUT2D eigenvalue weighted by Crippen LogP contribution is 2.02. The molecule has 0 aliphatic rings. The quantitative estimate of drug-likeness (QED) is 0.704. The Morgan fingerprint density at radius 2 is 2.08 bits per heavy atom. The zero-order valence-electron chi connectivity index (χ0n) is 8.02. The van der Waals surface area contributed by atoms with Gasteiger partial charge in [-0.15, -0.1) is 0 Å². The van der Waals surface area contributed by atoms with Gasteiger partial charge in [0.05, 0.1) is 0 Å². The van der Waals surface area contributed by atoms with Gasteiger partial charge in [0.1, 0.15) is 0 Å². The summed E-state index contributed by atoms with van der Waals surface area (Å²) in [6, 6.07) is 11.2. The van der Waals surface area contributed by atoms with Crippen molar-refractivity contribution >= 4 is 0 Å². The average molecular weight is 162 g/mol. The van der Waals surface area contributed by atoms with Gasteiger partial charge in [0.15, 0.2) is 0 Å². The molecule has 1 aromatic rings. The monoisotopic (exact) mass is 162 g/mol. The lowest BCUT2D eigenvalue weighted by Crippen LogP contribution is -2.35. The highest BCUT2D eigenvalue weighted by atomic mass is 14.9. The van der Waals surface area contributed by atoms with Crippen molar-refractivity contribution in [2.24, 2.45) is 0 Å². The molecule has 65 valence electrons. The molecule has 12 heavy (non-hydrogen) atoms. The fourth-order valence-corrected chi connectivity index (χ4v) is 0.901. The van der Waals surface area contributed by atoms with Gasteiger partial charge in [-0.2, -0.15) is 0 Å². The third-order valence-electron chi connectivity index (χ3n) is 1.58. The Morgan fingerprint density at radius 1 is 1.33 bits per heavy atom. The molecule has 1 aromatic carbocycles. The van der Waals surface area contributed by atoms with Gasteiger partial charge in [0.25, 0.3) is 0 Å². The van der Waals surface area contributed by atoms with E-state index in [1.165, 1.54) is 5.56 Å². The van der Waals surface area contributed by atoms with Crippen LogP contribution in [0.4, 0.5) is 0 Å². The van der Waals surface area contributed by atoms with Gasteiger partial charge in [0, 0.05) is 12.1 Å². The topological polar surface area (TPSA) is 12.0 Å². The first kappa shape index (κ1) is 9.27. The molecule has 0 heterocycles. The molecule has 0 saturated heterocycles. The molecule has 1 N–H and O–H groups in total. The lowest BCUT2D eigenvalue weighted by molar-refractivity contribution is 0.424. The van der Waals surface area contributed by atoms with Crippen molar-refractivity contribution in [1.29, 1.82) is 0 Å². The number of benzene rings is 1. The Balaban J connectivity index is 2.44. The smallest absolute Gasteiger partial charge is 0.0216 e. The lowest BCUT2D eigenvalue weighted by atomic mass is 10.1. The molecule has 0 atom stereocenters. The summed E-state index contributed by atoms with van der Waals surface area (Å²) in [6.07, 6.45) is 0. The molecule has 1 radical (unpaired) electrons. The van der Waals surface area contributed by atoms with E-state index >= 15 is 0 Å². The standard InChI is InChI=1S/C11H16N/c1-11(2,3)12-9-10-7-5-4-6-8-10/h4-7,12H,9H2,1-3H3. The molecule has 0 aromatic heterocycles. The minimum Gasteiger partial charge on any atom is -0.308 e. The summed E-state index contributed by atoms with van der Waals surface area (Å²) in [4.78, 5) is 0. The van der Waals surface area contributed by atoms with Crippen LogP contribution in [0.2, 0.25) is 0 Å². The Hall–Kier alpha value is -0.820. The van der Waals surface area contributed by atoms with E-state index in [1.807, 2.05) is 18.2 Å². The molecule has 1 heteroatoms. The van der Waals surface area contributed by atoms with Gasteiger partial charge in [-0.1, -0.05) is 24.3 Å². The lowest BCUT2D eigenvalue weighted by Gasteiger charge is -2.20. The van der Waals surface area contributed by atoms with Crippen LogP contribution in [0.5, 0.6) is 0 Å². The first-order valence-electron chi connectivity index (χ1n) is 4.28. The van der Waals surface area contributed by atoms with E-state index in [2.05, 4.69) is 38.2 Å².